The van der Waals surface area contributed by atoms with Gasteiger partial charge in [-0.2, -0.15) is 0 Å². The number of ether oxygens (including phenoxy) is 1. The lowest BCUT2D eigenvalue weighted by Gasteiger charge is -2.19. The van der Waals surface area contributed by atoms with Gasteiger partial charge in [-0.05, 0) is 37.6 Å². The van der Waals surface area contributed by atoms with Gasteiger partial charge in [0.2, 0.25) is 5.91 Å². The molecule has 2 aromatic rings. The largest absolute Gasteiger partial charge is 0.465 e. The Hall–Kier alpha value is -3.72. The molecule has 0 aliphatic carbocycles. The fraction of sp³-hybridized carbons (Fsp3) is 0.304. The highest BCUT2D eigenvalue weighted by Gasteiger charge is 2.29. The minimum Gasteiger partial charge on any atom is -0.465 e. The van der Waals surface area contributed by atoms with Gasteiger partial charge in [-0.25, -0.2) is 4.79 Å². The Labute approximate surface area is 187 Å². The van der Waals surface area contributed by atoms with Crippen LogP contribution in [0.1, 0.15) is 32.9 Å². The Kier molecular flexibility index (Phi) is 8.91. The minimum absolute atomic E-state index is 0.00980. The van der Waals surface area contributed by atoms with Crippen LogP contribution in [0.2, 0.25) is 0 Å². The maximum atomic E-state index is 12.6. The zero-order valence-corrected chi connectivity index (χ0v) is 18.6. The molecule has 1 fully saturated rings. The van der Waals surface area contributed by atoms with Crippen molar-refractivity contribution in [2.75, 3.05) is 20.3 Å². The molecule has 0 bridgehead atoms. The summed E-state index contributed by atoms with van der Waals surface area (Å²) in [7, 11) is 1.36. The first-order valence-corrected chi connectivity index (χ1v) is 9.89. The van der Waals surface area contributed by atoms with Crippen LogP contribution in [0.3, 0.4) is 0 Å². The molecule has 1 aromatic heterocycles. The molecule has 9 heteroatoms. The van der Waals surface area contributed by atoms with Gasteiger partial charge >= 0.3 is 5.97 Å². The molecule has 32 heavy (non-hydrogen) atoms. The molecule has 170 valence electrons. The number of rotatable bonds is 8. The van der Waals surface area contributed by atoms with Crippen LogP contribution in [0.5, 0.6) is 0 Å². The lowest BCUT2D eigenvalue weighted by atomic mass is 10.1. The van der Waals surface area contributed by atoms with E-state index in [-0.39, 0.29) is 18.4 Å². The monoisotopic (exact) mass is 440 g/mol. The van der Waals surface area contributed by atoms with Gasteiger partial charge in [0.05, 0.1) is 37.3 Å². The first-order valence-electron chi connectivity index (χ1n) is 9.89. The van der Waals surface area contributed by atoms with E-state index < -0.39 is 0 Å². The molecule has 1 aliphatic heterocycles. The van der Waals surface area contributed by atoms with Crippen molar-refractivity contribution in [1.82, 2.24) is 20.3 Å². The average Bonchev–Trinajstić information content (AvgIpc) is 3.33. The molecule has 2 heterocycles. The second kappa shape index (κ2) is 11.6. The molecule has 9 nitrogen and oxygen atoms in total. The molecule has 1 aliphatic rings. The number of methoxy groups -OCH3 is 1. The molecule has 3 rings (SSSR count). The molecule has 0 unspecified atom stereocenters. The summed E-state index contributed by atoms with van der Waals surface area (Å²) in [4.78, 5) is 36.0. The molecule has 0 spiro atoms. The molecule has 1 amide bonds. The smallest absolute Gasteiger partial charge is 0.337 e. The SMILES string of the molecule is C=C/C(=C\NCc1c(C)noc1C)N1CN(Cc2cccc(C(=O)OC)c2)CC1=O.C=O. The van der Waals surface area contributed by atoms with E-state index in [1.807, 2.05) is 37.7 Å². The van der Waals surface area contributed by atoms with Gasteiger partial charge in [-0.1, -0.05) is 23.9 Å². The Bertz CT molecular complexity index is 979. The molecule has 0 saturated carbocycles. The summed E-state index contributed by atoms with van der Waals surface area (Å²) in [5.41, 5.74) is 3.96. The Morgan fingerprint density at radius 3 is 2.72 bits per heavy atom. The third-order valence-corrected chi connectivity index (χ3v) is 4.99. The van der Waals surface area contributed by atoms with Crippen molar-refractivity contribution in [2.24, 2.45) is 0 Å². The molecular weight excluding hydrogens is 412 g/mol. The summed E-state index contributed by atoms with van der Waals surface area (Å²) in [6, 6.07) is 7.23. The zero-order chi connectivity index (χ0) is 23.7. The van der Waals surface area contributed by atoms with Gasteiger partial charge in [0.1, 0.15) is 12.5 Å². The maximum Gasteiger partial charge on any atom is 0.337 e. The second-order valence-corrected chi connectivity index (χ2v) is 7.10. The van der Waals surface area contributed by atoms with Gasteiger partial charge in [-0.3, -0.25) is 14.6 Å². The fourth-order valence-corrected chi connectivity index (χ4v) is 3.37. The van der Waals surface area contributed by atoms with E-state index in [0.717, 1.165) is 22.6 Å². The fourth-order valence-electron chi connectivity index (χ4n) is 3.37. The lowest BCUT2D eigenvalue weighted by Crippen LogP contribution is -2.27. The summed E-state index contributed by atoms with van der Waals surface area (Å²) in [5.74, 6) is 0.382. The Balaban J connectivity index is 0.00000176. The van der Waals surface area contributed by atoms with Crippen molar-refractivity contribution < 1.29 is 23.6 Å². The van der Waals surface area contributed by atoms with Gasteiger partial charge < -0.3 is 19.4 Å². The van der Waals surface area contributed by atoms with Crippen molar-refractivity contribution in [3.05, 3.63) is 77.0 Å². The van der Waals surface area contributed by atoms with E-state index in [0.29, 0.717) is 31.0 Å². The van der Waals surface area contributed by atoms with Crippen molar-refractivity contribution in [1.29, 1.82) is 0 Å². The highest BCUT2D eigenvalue weighted by Crippen LogP contribution is 2.18. The van der Waals surface area contributed by atoms with Gasteiger partial charge in [0, 0.05) is 24.9 Å². The standard InChI is InChI=1S/C22H26N4O4.CH2O/c1-5-19(10-23-11-20-15(2)24-30-16(20)3)26-14-25(13-21(26)27)12-17-7-6-8-18(9-17)22(28)29-4;1-2/h5-10,23H,1,11-14H2,2-4H3;1H2/b19-10+;. The van der Waals surface area contributed by atoms with Crippen LogP contribution in [0, 0.1) is 13.8 Å². The van der Waals surface area contributed by atoms with Gasteiger partial charge in [-0.15, -0.1) is 0 Å². The topological polar surface area (TPSA) is 105 Å². The van der Waals surface area contributed by atoms with E-state index in [1.165, 1.54) is 7.11 Å². The Morgan fingerprint density at radius 1 is 1.34 bits per heavy atom. The van der Waals surface area contributed by atoms with Crippen LogP contribution in [-0.2, 0) is 27.4 Å². The van der Waals surface area contributed by atoms with Crippen LogP contribution in [-0.4, -0.2) is 53.9 Å². The summed E-state index contributed by atoms with van der Waals surface area (Å²) in [6.07, 6.45) is 3.43. The number of benzene rings is 1. The van der Waals surface area contributed by atoms with Gasteiger partial charge in [0.25, 0.3) is 0 Å². The summed E-state index contributed by atoms with van der Waals surface area (Å²) in [5, 5.41) is 7.15. The van der Waals surface area contributed by atoms with Crippen LogP contribution in [0.25, 0.3) is 0 Å². The van der Waals surface area contributed by atoms with Crippen LogP contribution in [0.4, 0.5) is 0 Å². The first-order chi connectivity index (χ1) is 15.4. The third-order valence-electron chi connectivity index (χ3n) is 4.99. The van der Waals surface area contributed by atoms with Crippen molar-refractivity contribution in [3.63, 3.8) is 0 Å². The number of esters is 1. The van der Waals surface area contributed by atoms with E-state index in [2.05, 4.69) is 17.1 Å². The summed E-state index contributed by atoms with van der Waals surface area (Å²) >= 11 is 0. The Morgan fingerprint density at radius 2 is 2.09 bits per heavy atom. The van der Waals surface area contributed by atoms with E-state index >= 15 is 0 Å². The molecule has 1 saturated heterocycles. The number of nitrogens with one attached hydrogen (secondary N) is 1. The third kappa shape index (κ3) is 5.92. The number of hydrogen-bond donors (Lipinski definition) is 1. The normalized spacial score (nSPS) is 14.0. The first kappa shape index (κ1) is 24.5. The van der Waals surface area contributed by atoms with E-state index in [4.69, 9.17) is 14.1 Å². The maximum absolute atomic E-state index is 12.6. The number of aryl methyl sites for hydroxylation is 2. The molecule has 1 N–H and O–H groups in total. The van der Waals surface area contributed by atoms with E-state index in [9.17, 15) is 9.59 Å². The highest BCUT2D eigenvalue weighted by molar-refractivity contribution is 5.89. The lowest BCUT2D eigenvalue weighted by molar-refractivity contribution is -0.125. The number of amides is 1. The number of hydrogen-bond acceptors (Lipinski definition) is 8. The average molecular weight is 441 g/mol. The zero-order valence-electron chi connectivity index (χ0n) is 18.6. The number of aromatic nitrogens is 1. The molecular formula is C23H28N4O5. The summed E-state index contributed by atoms with van der Waals surface area (Å²) in [6.45, 7) is 11.4. The van der Waals surface area contributed by atoms with Crippen LogP contribution >= 0.6 is 0 Å². The second-order valence-electron chi connectivity index (χ2n) is 7.10. The predicted octanol–water partition coefficient (Wildman–Crippen LogP) is 2.31. The molecule has 0 radical (unpaired) electrons. The van der Waals surface area contributed by atoms with Crippen LogP contribution in [0.15, 0.2) is 53.3 Å². The van der Waals surface area contributed by atoms with E-state index in [1.54, 1.807) is 29.3 Å². The van der Waals surface area contributed by atoms with Crippen molar-refractivity contribution in [2.45, 2.75) is 26.9 Å². The predicted molar refractivity (Wildman–Crippen MR) is 118 cm³/mol. The molecule has 1 aromatic carbocycles. The number of nitrogens with zero attached hydrogens (tertiary/aromatic N) is 3. The summed E-state index contributed by atoms with van der Waals surface area (Å²) < 4.78 is 9.94. The number of carbonyl (C=O) groups excluding carboxylic acids is 3. The van der Waals surface area contributed by atoms with Crippen molar-refractivity contribution in [3.8, 4) is 0 Å². The number of carbonyl (C=O) groups is 3. The highest BCUT2D eigenvalue weighted by atomic mass is 16.5. The quantitative estimate of drug-likeness (QED) is 0.493. The number of allylic oxidation sites excluding steroid dienone is 1. The van der Waals surface area contributed by atoms with Crippen LogP contribution < -0.4 is 5.32 Å². The minimum atomic E-state index is -0.378. The van der Waals surface area contributed by atoms with Gasteiger partial charge in [0.15, 0.2) is 0 Å². The molecule has 0 atom stereocenters. The van der Waals surface area contributed by atoms with Crippen molar-refractivity contribution >= 4 is 18.7 Å².